The molecule has 0 unspecified atom stereocenters. The number of hydrogen-bond acceptors (Lipinski definition) is 5. The van der Waals surface area contributed by atoms with Crippen LogP contribution in [-0.2, 0) is 12.6 Å². The number of rotatable bonds is 11. The predicted octanol–water partition coefficient (Wildman–Crippen LogP) is 7.50. The zero-order valence-electron chi connectivity index (χ0n) is 18.9. The first-order valence-corrected chi connectivity index (χ1v) is 11.2. The van der Waals surface area contributed by atoms with Crippen LogP contribution in [0.25, 0.3) is 0 Å². The Morgan fingerprint density at radius 3 is 2.33 bits per heavy atom. The molecule has 0 spiro atoms. The number of hydrogen-bond donors (Lipinski definition) is 2. The van der Waals surface area contributed by atoms with E-state index in [1.807, 2.05) is 12.1 Å². The van der Waals surface area contributed by atoms with Gasteiger partial charge in [0, 0.05) is 17.6 Å². The molecular weight excluding hydrogens is 429 g/mol. The lowest BCUT2D eigenvalue weighted by molar-refractivity contribution is -0.137. The van der Waals surface area contributed by atoms with E-state index in [4.69, 9.17) is 4.74 Å². The summed E-state index contributed by atoms with van der Waals surface area (Å²) in [5.74, 6) is 0.507. The molecule has 0 aliphatic carbocycles. The van der Waals surface area contributed by atoms with Gasteiger partial charge in [-0.25, -0.2) is 4.98 Å². The Hall–Kier alpha value is -3.29. The highest BCUT2D eigenvalue weighted by Crippen LogP contribution is 2.36. The molecule has 3 rings (SSSR count). The average molecular weight is 459 g/mol. The van der Waals surface area contributed by atoms with E-state index in [2.05, 4.69) is 34.4 Å². The van der Waals surface area contributed by atoms with Crippen molar-refractivity contribution in [1.82, 2.24) is 9.97 Å². The van der Waals surface area contributed by atoms with Crippen molar-refractivity contribution >= 4 is 23.1 Å². The van der Waals surface area contributed by atoms with Crippen LogP contribution in [0.5, 0.6) is 5.75 Å². The Morgan fingerprint density at radius 2 is 1.64 bits per heavy atom. The van der Waals surface area contributed by atoms with Crippen molar-refractivity contribution < 1.29 is 17.9 Å². The van der Waals surface area contributed by atoms with Crippen molar-refractivity contribution in [3.05, 3.63) is 65.9 Å². The summed E-state index contributed by atoms with van der Waals surface area (Å²) >= 11 is 0. The molecule has 0 bridgehead atoms. The van der Waals surface area contributed by atoms with Gasteiger partial charge in [-0.15, -0.1) is 0 Å². The third kappa shape index (κ3) is 7.10. The summed E-state index contributed by atoms with van der Waals surface area (Å²) in [6, 6.07) is 14.5. The summed E-state index contributed by atoms with van der Waals surface area (Å²) in [6.07, 6.45) is 0.932. The Labute approximate surface area is 192 Å². The second-order valence-corrected chi connectivity index (χ2v) is 7.69. The minimum atomic E-state index is -4.59. The fourth-order valence-electron chi connectivity index (χ4n) is 3.20. The van der Waals surface area contributed by atoms with Crippen LogP contribution in [-0.4, -0.2) is 16.6 Å². The molecule has 2 N–H and O–H groups in total. The van der Waals surface area contributed by atoms with Crippen LogP contribution in [0.2, 0.25) is 0 Å². The smallest absolute Gasteiger partial charge is 0.421 e. The fraction of sp³-hybridized carbons (Fsp3) is 0.360. The Morgan fingerprint density at radius 1 is 0.909 bits per heavy atom. The van der Waals surface area contributed by atoms with Gasteiger partial charge in [0.1, 0.15) is 17.1 Å². The SMILES string of the molecule is CCCCOc1ccc(Nc2ncc(C(F)(F)F)c(Nc3ccccc3CCCC)n2)cc1. The van der Waals surface area contributed by atoms with E-state index >= 15 is 0 Å². The van der Waals surface area contributed by atoms with Gasteiger partial charge in [0.25, 0.3) is 0 Å². The van der Waals surface area contributed by atoms with E-state index in [1.54, 1.807) is 36.4 Å². The zero-order valence-corrected chi connectivity index (χ0v) is 18.9. The van der Waals surface area contributed by atoms with Crippen LogP contribution in [0, 0.1) is 0 Å². The number of ether oxygens (including phenoxy) is 1. The molecule has 1 aromatic heterocycles. The van der Waals surface area contributed by atoms with Gasteiger partial charge in [0.2, 0.25) is 5.95 Å². The van der Waals surface area contributed by atoms with Crippen molar-refractivity contribution in [3.63, 3.8) is 0 Å². The third-order valence-corrected chi connectivity index (χ3v) is 5.04. The maximum Gasteiger partial charge on any atom is 0.421 e. The van der Waals surface area contributed by atoms with Gasteiger partial charge in [0.15, 0.2) is 0 Å². The van der Waals surface area contributed by atoms with Gasteiger partial charge in [0.05, 0.1) is 6.61 Å². The molecule has 0 saturated carbocycles. The number of nitrogens with one attached hydrogen (secondary N) is 2. The molecule has 0 atom stereocenters. The Bertz CT molecular complexity index is 1020. The van der Waals surface area contributed by atoms with Crippen molar-refractivity contribution in [2.75, 3.05) is 17.2 Å². The molecule has 3 aromatic rings. The molecule has 0 aliphatic heterocycles. The van der Waals surface area contributed by atoms with Crippen molar-refractivity contribution in [3.8, 4) is 5.75 Å². The van der Waals surface area contributed by atoms with Gasteiger partial charge in [-0.3, -0.25) is 0 Å². The van der Waals surface area contributed by atoms with Crippen molar-refractivity contribution in [2.24, 2.45) is 0 Å². The average Bonchev–Trinajstić information content (AvgIpc) is 2.79. The number of para-hydroxylation sites is 1. The van der Waals surface area contributed by atoms with E-state index in [0.29, 0.717) is 18.0 Å². The van der Waals surface area contributed by atoms with Crippen LogP contribution in [0.1, 0.15) is 50.7 Å². The lowest BCUT2D eigenvalue weighted by Crippen LogP contribution is -2.13. The fourth-order valence-corrected chi connectivity index (χ4v) is 3.20. The molecular formula is C25H29F3N4O. The molecule has 8 heteroatoms. The van der Waals surface area contributed by atoms with Crippen LogP contribution in [0.4, 0.5) is 36.3 Å². The lowest BCUT2D eigenvalue weighted by Gasteiger charge is -2.17. The van der Waals surface area contributed by atoms with Crippen molar-refractivity contribution in [2.45, 2.75) is 52.1 Å². The first-order valence-electron chi connectivity index (χ1n) is 11.2. The number of nitrogens with zero attached hydrogens (tertiary/aromatic N) is 2. The number of aryl methyl sites for hydroxylation is 1. The zero-order chi connectivity index (χ0) is 23.7. The number of halogens is 3. The van der Waals surface area contributed by atoms with Gasteiger partial charge in [-0.05, 0) is 55.2 Å². The molecule has 1 heterocycles. The first kappa shape index (κ1) is 24.4. The van der Waals surface area contributed by atoms with Crippen molar-refractivity contribution in [1.29, 1.82) is 0 Å². The van der Waals surface area contributed by atoms with Crippen LogP contribution in [0.3, 0.4) is 0 Å². The van der Waals surface area contributed by atoms with E-state index in [-0.39, 0.29) is 11.8 Å². The normalized spacial score (nSPS) is 11.3. The Kier molecular flexibility index (Phi) is 8.52. The monoisotopic (exact) mass is 458 g/mol. The standard InChI is InChI=1S/C25H29F3N4O/c1-3-5-9-18-10-7-8-11-22(18)31-23-21(25(26,27)28)17-29-24(32-23)30-19-12-14-20(15-13-19)33-16-6-4-2/h7-8,10-15,17H,3-6,9,16H2,1-2H3,(H2,29,30,31,32). The molecule has 33 heavy (non-hydrogen) atoms. The second kappa shape index (κ2) is 11.5. The molecule has 0 radical (unpaired) electrons. The molecule has 0 fully saturated rings. The second-order valence-electron chi connectivity index (χ2n) is 7.69. The summed E-state index contributed by atoms with van der Waals surface area (Å²) in [7, 11) is 0. The molecule has 0 amide bonds. The third-order valence-electron chi connectivity index (χ3n) is 5.04. The van der Waals surface area contributed by atoms with E-state index in [1.165, 1.54) is 0 Å². The highest BCUT2D eigenvalue weighted by molar-refractivity contribution is 5.65. The molecule has 176 valence electrons. The number of aromatic nitrogens is 2. The van der Waals surface area contributed by atoms with Crippen LogP contribution >= 0.6 is 0 Å². The van der Waals surface area contributed by atoms with Crippen LogP contribution in [0.15, 0.2) is 54.7 Å². The quantitative estimate of drug-likeness (QED) is 0.291. The molecule has 0 saturated heterocycles. The minimum absolute atomic E-state index is 0.0659. The highest BCUT2D eigenvalue weighted by Gasteiger charge is 2.35. The van der Waals surface area contributed by atoms with Gasteiger partial charge >= 0.3 is 6.18 Å². The summed E-state index contributed by atoms with van der Waals surface area (Å²) < 4.78 is 46.5. The topological polar surface area (TPSA) is 59.1 Å². The summed E-state index contributed by atoms with van der Waals surface area (Å²) in [6.45, 7) is 4.80. The number of benzene rings is 2. The Balaban J connectivity index is 1.82. The summed E-state index contributed by atoms with van der Waals surface area (Å²) in [5.41, 5.74) is 1.28. The van der Waals surface area contributed by atoms with E-state index < -0.39 is 11.7 Å². The van der Waals surface area contributed by atoms with E-state index in [0.717, 1.165) is 49.6 Å². The molecule has 2 aromatic carbocycles. The van der Waals surface area contributed by atoms with Crippen LogP contribution < -0.4 is 15.4 Å². The van der Waals surface area contributed by atoms with Gasteiger partial charge in [-0.2, -0.15) is 18.2 Å². The largest absolute Gasteiger partial charge is 0.494 e. The number of unbranched alkanes of at least 4 members (excludes halogenated alkanes) is 2. The molecule has 0 aliphatic rings. The maximum atomic E-state index is 13.6. The van der Waals surface area contributed by atoms with Gasteiger partial charge in [-0.1, -0.05) is 44.9 Å². The summed E-state index contributed by atoms with van der Waals surface area (Å²) in [5, 5.41) is 5.86. The maximum absolute atomic E-state index is 13.6. The van der Waals surface area contributed by atoms with E-state index in [9.17, 15) is 13.2 Å². The van der Waals surface area contributed by atoms with Gasteiger partial charge < -0.3 is 15.4 Å². The lowest BCUT2D eigenvalue weighted by atomic mass is 10.1. The highest BCUT2D eigenvalue weighted by atomic mass is 19.4. The number of anilines is 4. The molecule has 5 nitrogen and oxygen atoms in total. The minimum Gasteiger partial charge on any atom is -0.494 e. The number of alkyl halides is 3. The first-order chi connectivity index (χ1) is 15.9. The summed E-state index contributed by atoms with van der Waals surface area (Å²) in [4.78, 5) is 8.03. The predicted molar refractivity (Wildman–Crippen MR) is 125 cm³/mol.